The Hall–Kier alpha value is -3.00. The third-order valence-corrected chi connectivity index (χ3v) is 6.08. The van der Waals surface area contributed by atoms with Gasteiger partial charge in [-0.05, 0) is 37.3 Å². The Morgan fingerprint density at radius 2 is 1.61 bits per heavy atom. The zero-order chi connectivity index (χ0) is 22.1. The molecule has 0 unspecified atom stereocenters. The first-order valence-corrected chi connectivity index (χ1v) is 10.7. The Morgan fingerprint density at radius 1 is 0.935 bits per heavy atom. The van der Waals surface area contributed by atoms with Crippen molar-refractivity contribution in [2.24, 2.45) is 0 Å². The first-order chi connectivity index (χ1) is 14.9. The van der Waals surface area contributed by atoms with Gasteiger partial charge in [-0.3, -0.25) is 9.59 Å². The molecule has 2 heterocycles. The summed E-state index contributed by atoms with van der Waals surface area (Å²) in [7, 11) is 3.09. The van der Waals surface area contributed by atoms with E-state index in [1.807, 2.05) is 25.1 Å². The van der Waals surface area contributed by atoms with Gasteiger partial charge in [0.05, 0.1) is 19.8 Å². The highest BCUT2D eigenvalue weighted by atomic mass is 79.9. The topological polar surface area (TPSA) is 72.2 Å². The lowest BCUT2D eigenvalue weighted by atomic mass is 10.1. The average molecular weight is 487 g/mol. The molecule has 2 aromatic carbocycles. The number of hydrogen-bond acceptors (Lipinski definition) is 5. The number of benzene rings is 2. The van der Waals surface area contributed by atoms with Crippen molar-refractivity contribution in [2.75, 3.05) is 40.4 Å². The predicted molar refractivity (Wildman–Crippen MR) is 120 cm³/mol. The molecule has 0 radical (unpaired) electrons. The van der Waals surface area contributed by atoms with Crippen LogP contribution in [0.25, 0.3) is 11.0 Å². The van der Waals surface area contributed by atoms with E-state index >= 15 is 0 Å². The monoisotopic (exact) mass is 486 g/mol. The molecule has 7 nitrogen and oxygen atoms in total. The first kappa shape index (κ1) is 21.2. The van der Waals surface area contributed by atoms with E-state index in [4.69, 9.17) is 13.9 Å². The largest absolute Gasteiger partial charge is 0.497 e. The van der Waals surface area contributed by atoms with Gasteiger partial charge in [-0.25, -0.2) is 0 Å². The van der Waals surface area contributed by atoms with Crippen molar-refractivity contribution in [3.05, 3.63) is 57.8 Å². The Bertz CT molecular complexity index is 1150. The van der Waals surface area contributed by atoms with Gasteiger partial charge in [-0.1, -0.05) is 15.9 Å². The quantitative estimate of drug-likeness (QED) is 0.554. The number of furan rings is 1. The number of nitrogens with zero attached hydrogens (tertiary/aromatic N) is 2. The average Bonchev–Trinajstić information content (AvgIpc) is 3.13. The second-order valence-electron chi connectivity index (χ2n) is 7.35. The smallest absolute Gasteiger partial charge is 0.290 e. The molecule has 1 aliphatic rings. The number of fused-ring (bicyclic) bond motifs is 1. The van der Waals surface area contributed by atoms with E-state index in [9.17, 15) is 9.59 Å². The van der Waals surface area contributed by atoms with Crippen LogP contribution in [0.1, 0.15) is 26.5 Å². The van der Waals surface area contributed by atoms with E-state index in [1.54, 1.807) is 35.1 Å². The van der Waals surface area contributed by atoms with E-state index in [0.29, 0.717) is 54.6 Å². The molecule has 1 aliphatic heterocycles. The number of halogens is 1. The van der Waals surface area contributed by atoms with Crippen LogP contribution in [-0.4, -0.2) is 62.0 Å². The van der Waals surface area contributed by atoms with Crippen LogP contribution >= 0.6 is 15.9 Å². The first-order valence-electron chi connectivity index (χ1n) is 9.92. The molecule has 0 N–H and O–H groups in total. The zero-order valence-electron chi connectivity index (χ0n) is 17.6. The maximum Gasteiger partial charge on any atom is 0.290 e. The van der Waals surface area contributed by atoms with Crippen LogP contribution in [0.5, 0.6) is 11.5 Å². The number of piperazine rings is 1. The molecule has 0 spiro atoms. The van der Waals surface area contributed by atoms with Gasteiger partial charge in [0.25, 0.3) is 11.8 Å². The summed E-state index contributed by atoms with van der Waals surface area (Å²) >= 11 is 3.46. The summed E-state index contributed by atoms with van der Waals surface area (Å²) in [5.41, 5.74) is 1.98. The van der Waals surface area contributed by atoms with Crippen molar-refractivity contribution in [1.82, 2.24) is 9.80 Å². The van der Waals surface area contributed by atoms with Gasteiger partial charge in [0.2, 0.25) is 0 Å². The van der Waals surface area contributed by atoms with Gasteiger partial charge in [-0.15, -0.1) is 0 Å². The molecule has 8 heteroatoms. The lowest BCUT2D eigenvalue weighted by Crippen LogP contribution is -2.50. The minimum Gasteiger partial charge on any atom is -0.497 e. The normalized spacial score (nSPS) is 14.1. The van der Waals surface area contributed by atoms with Crippen molar-refractivity contribution in [1.29, 1.82) is 0 Å². The molecule has 162 valence electrons. The zero-order valence-corrected chi connectivity index (χ0v) is 19.2. The molecular weight excluding hydrogens is 464 g/mol. The van der Waals surface area contributed by atoms with Crippen LogP contribution in [0.2, 0.25) is 0 Å². The van der Waals surface area contributed by atoms with E-state index in [1.165, 1.54) is 7.11 Å². The van der Waals surface area contributed by atoms with Crippen LogP contribution < -0.4 is 9.47 Å². The van der Waals surface area contributed by atoms with Crippen molar-refractivity contribution >= 4 is 38.7 Å². The molecule has 0 bridgehead atoms. The van der Waals surface area contributed by atoms with Crippen LogP contribution in [0.4, 0.5) is 0 Å². The van der Waals surface area contributed by atoms with E-state index < -0.39 is 0 Å². The predicted octanol–water partition coefficient (Wildman–Crippen LogP) is 4.12. The summed E-state index contributed by atoms with van der Waals surface area (Å²) in [5.74, 6) is 1.16. The number of carbonyl (C=O) groups is 2. The number of amides is 2. The maximum absolute atomic E-state index is 13.1. The number of carbonyl (C=O) groups excluding carboxylic acids is 2. The fourth-order valence-electron chi connectivity index (χ4n) is 3.80. The molecule has 0 saturated carbocycles. The van der Waals surface area contributed by atoms with Gasteiger partial charge < -0.3 is 23.7 Å². The summed E-state index contributed by atoms with van der Waals surface area (Å²) < 4.78 is 17.3. The van der Waals surface area contributed by atoms with Crippen LogP contribution in [0.3, 0.4) is 0 Å². The Labute approximate surface area is 188 Å². The summed E-state index contributed by atoms with van der Waals surface area (Å²) in [6.45, 7) is 3.63. The third-order valence-electron chi connectivity index (χ3n) is 5.59. The van der Waals surface area contributed by atoms with Crippen LogP contribution in [0, 0.1) is 6.92 Å². The molecule has 3 aromatic rings. The highest BCUT2D eigenvalue weighted by Gasteiger charge is 2.29. The van der Waals surface area contributed by atoms with Crippen LogP contribution in [-0.2, 0) is 0 Å². The number of methoxy groups -OCH3 is 2. The van der Waals surface area contributed by atoms with Crippen molar-refractivity contribution in [3.8, 4) is 11.5 Å². The second-order valence-corrected chi connectivity index (χ2v) is 8.26. The third kappa shape index (κ3) is 3.99. The number of aryl methyl sites for hydroxylation is 1. The molecule has 2 amide bonds. The Kier molecular flexibility index (Phi) is 5.91. The molecule has 0 aliphatic carbocycles. The highest BCUT2D eigenvalue weighted by Crippen LogP contribution is 2.30. The lowest BCUT2D eigenvalue weighted by molar-refractivity contribution is 0.0517. The number of hydrogen-bond donors (Lipinski definition) is 0. The SMILES string of the molecule is COc1ccc(C(=O)N2CCN(C(=O)c3oc4ccc(Br)cc4c3C)CC2)c(OC)c1. The van der Waals surface area contributed by atoms with E-state index in [-0.39, 0.29) is 11.8 Å². The Morgan fingerprint density at radius 3 is 2.26 bits per heavy atom. The highest BCUT2D eigenvalue weighted by molar-refractivity contribution is 9.10. The van der Waals surface area contributed by atoms with Crippen molar-refractivity contribution in [2.45, 2.75) is 6.92 Å². The summed E-state index contributed by atoms with van der Waals surface area (Å²) in [6, 6.07) is 10.8. The molecule has 31 heavy (non-hydrogen) atoms. The van der Waals surface area contributed by atoms with E-state index in [2.05, 4.69) is 15.9 Å². The van der Waals surface area contributed by atoms with Gasteiger partial charge in [0.1, 0.15) is 17.1 Å². The molecule has 1 saturated heterocycles. The van der Waals surface area contributed by atoms with E-state index in [0.717, 1.165) is 15.4 Å². The fourth-order valence-corrected chi connectivity index (χ4v) is 4.16. The molecule has 1 fully saturated rings. The summed E-state index contributed by atoms with van der Waals surface area (Å²) in [6.07, 6.45) is 0. The number of rotatable bonds is 4. The van der Waals surface area contributed by atoms with Gasteiger partial charge in [0.15, 0.2) is 5.76 Å². The lowest BCUT2D eigenvalue weighted by Gasteiger charge is -2.34. The minimum atomic E-state index is -0.154. The molecule has 0 atom stereocenters. The van der Waals surface area contributed by atoms with Crippen molar-refractivity contribution in [3.63, 3.8) is 0 Å². The standard InChI is InChI=1S/C23H23BrN2O5/c1-14-18-12-15(24)4-7-19(18)31-21(14)23(28)26-10-8-25(9-11-26)22(27)17-6-5-16(29-2)13-20(17)30-3/h4-7,12-13H,8-11H2,1-3H3. The van der Waals surface area contributed by atoms with Crippen LogP contribution in [0.15, 0.2) is 45.3 Å². The maximum atomic E-state index is 13.1. The molecule has 1 aromatic heterocycles. The minimum absolute atomic E-state index is 0.128. The molecular formula is C23H23BrN2O5. The van der Waals surface area contributed by atoms with Crippen molar-refractivity contribution < 1.29 is 23.5 Å². The Balaban J connectivity index is 1.47. The number of ether oxygens (including phenoxy) is 2. The van der Waals surface area contributed by atoms with Gasteiger partial charge in [0, 0.05) is 47.7 Å². The fraction of sp³-hybridized carbons (Fsp3) is 0.304. The van der Waals surface area contributed by atoms with Gasteiger partial charge >= 0.3 is 0 Å². The molecule has 4 rings (SSSR count). The van der Waals surface area contributed by atoms with Gasteiger partial charge in [-0.2, -0.15) is 0 Å². The second kappa shape index (κ2) is 8.63. The summed E-state index contributed by atoms with van der Waals surface area (Å²) in [4.78, 5) is 29.5. The summed E-state index contributed by atoms with van der Waals surface area (Å²) in [5, 5.41) is 0.915.